The largest absolute Gasteiger partial charge is 0.480 e. The SMILES string of the molecule is CC(NC(=O)C(C)(C)N1CCCCC1C)C(=O)O. The van der Waals surface area contributed by atoms with Crippen LogP contribution >= 0.6 is 0 Å². The molecular weight excluding hydrogens is 232 g/mol. The third-order valence-electron chi connectivity index (χ3n) is 3.79. The van der Waals surface area contributed by atoms with E-state index in [1.165, 1.54) is 13.3 Å². The summed E-state index contributed by atoms with van der Waals surface area (Å²) in [6.45, 7) is 8.21. The van der Waals surface area contributed by atoms with Crippen molar-refractivity contribution in [1.29, 1.82) is 0 Å². The number of carboxylic acids is 1. The standard InChI is InChI=1S/C13H24N2O3/c1-9-7-5-6-8-15(9)13(3,4)12(18)14-10(2)11(16)17/h9-10H,5-8H2,1-4H3,(H,14,18)(H,16,17). The van der Waals surface area contributed by atoms with Gasteiger partial charge in [0.25, 0.3) is 0 Å². The van der Waals surface area contributed by atoms with Crippen molar-refractivity contribution in [1.82, 2.24) is 10.2 Å². The molecule has 0 aromatic heterocycles. The first-order chi connectivity index (χ1) is 8.26. The van der Waals surface area contributed by atoms with Crippen molar-refractivity contribution in [2.45, 2.75) is 64.6 Å². The van der Waals surface area contributed by atoms with Gasteiger partial charge in [0.05, 0.1) is 5.54 Å². The highest BCUT2D eigenvalue weighted by Crippen LogP contribution is 2.25. The van der Waals surface area contributed by atoms with Crippen LogP contribution in [0.1, 0.15) is 47.0 Å². The van der Waals surface area contributed by atoms with E-state index in [2.05, 4.69) is 17.1 Å². The first-order valence-electron chi connectivity index (χ1n) is 6.57. The second-order valence-electron chi connectivity index (χ2n) is 5.63. The summed E-state index contributed by atoms with van der Waals surface area (Å²) >= 11 is 0. The zero-order valence-corrected chi connectivity index (χ0v) is 11.7. The summed E-state index contributed by atoms with van der Waals surface area (Å²) in [5, 5.41) is 11.4. The first-order valence-corrected chi connectivity index (χ1v) is 6.57. The minimum absolute atomic E-state index is 0.217. The Kier molecular flexibility index (Phi) is 4.73. The maximum absolute atomic E-state index is 12.2. The molecule has 1 amide bonds. The van der Waals surface area contributed by atoms with Crippen molar-refractivity contribution in [2.75, 3.05) is 6.54 Å². The molecule has 0 bridgehead atoms. The van der Waals surface area contributed by atoms with Crippen LogP contribution in [-0.2, 0) is 9.59 Å². The van der Waals surface area contributed by atoms with E-state index in [-0.39, 0.29) is 5.91 Å². The van der Waals surface area contributed by atoms with E-state index in [9.17, 15) is 9.59 Å². The Balaban J connectivity index is 2.72. The van der Waals surface area contributed by atoms with E-state index >= 15 is 0 Å². The monoisotopic (exact) mass is 256 g/mol. The summed E-state index contributed by atoms with van der Waals surface area (Å²) in [4.78, 5) is 25.1. The molecule has 1 fully saturated rings. The van der Waals surface area contributed by atoms with Gasteiger partial charge in [0.2, 0.25) is 5.91 Å². The van der Waals surface area contributed by atoms with Gasteiger partial charge in [-0.2, -0.15) is 0 Å². The Morgan fingerprint density at radius 1 is 1.39 bits per heavy atom. The van der Waals surface area contributed by atoms with Gasteiger partial charge in [0, 0.05) is 6.04 Å². The minimum Gasteiger partial charge on any atom is -0.480 e. The predicted molar refractivity (Wildman–Crippen MR) is 69.3 cm³/mol. The van der Waals surface area contributed by atoms with Gasteiger partial charge >= 0.3 is 5.97 Å². The van der Waals surface area contributed by atoms with E-state index in [0.717, 1.165) is 19.4 Å². The molecule has 0 radical (unpaired) electrons. The van der Waals surface area contributed by atoms with Gasteiger partial charge in [-0.25, -0.2) is 0 Å². The van der Waals surface area contributed by atoms with Crippen LogP contribution in [0, 0.1) is 0 Å². The van der Waals surface area contributed by atoms with E-state index in [1.54, 1.807) is 0 Å². The maximum atomic E-state index is 12.2. The van der Waals surface area contributed by atoms with Crippen LogP contribution < -0.4 is 5.32 Å². The summed E-state index contributed by atoms with van der Waals surface area (Å²) in [6, 6.07) is -0.489. The van der Waals surface area contributed by atoms with Crippen LogP contribution in [-0.4, -0.2) is 46.1 Å². The topological polar surface area (TPSA) is 69.6 Å². The Labute approximate surface area is 109 Å². The molecule has 5 nitrogen and oxygen atoms in total. The molecule has 0 aliphatic carbocycles. The van der Waals surface area contributed by atoms with Gasteiger partial charge < -0.3 is 10.4 Å². The quantitative estimate of drug-likeness (QED) is 0.793. The summed E-state index contributed by atoms with van der Waals surface area (Å²) in [7, 11) is 0. The van der Waals surface area contributed by atoms with Crippen molar-refractivity contribution in [3.63, 3.8) is 0 Å². The maximum Gasteiger partial charge on any atom is 0.325 e. The molecule has 5 heteroatoms. The number of carboxylic acid groups (broad SMARTS) is 1. The van der Waals surface area contributed by atoms with E-state index in [0.29, 0.717) is 6.04 Å². The molecule has 1 rings (SSSR count). The predicted octanol–water partition coefficient (Wildman–Crippen LogP) is 1.23. The Bertz CT molecular complexity index is 328. The van der Waals surface area contributed by atoms with Crippen LogP contribution in [0.3, 0.4) is 0 Å². The Hall–Kier alpha value is -1.10. The van der Waals surface area contributed by atoms with Crippen molar-refractivity contribution >= 4 is 11.9 Å². The number of rotatable bonds is 4. The summed E-state index contributed by atoms with van der Waals surface area (Å²) in [6.07, 6.45) is 3.38. The normalized spacial score (nSPS) is 23.4. The molecule has 104 valence electrons. The van der Waals surface area contributed by atoms with Crippen LogP contribution in [0.25, 0.3) is 0 Å². The third kappa shape index (κ3) is 3.22. The lowest BCUT2D eigenvalue weighted by Gasteiger charge is -2.44. The molecule has 0 aromatic carbocycles. The van der Waals surface area contributed by atoms with Gasteiger partial charge in [0.15, 0.2) is 0 Å². The fraction of sp³-hybridized carbons (Fsp3) is 0.846. The van der Waals surface area contributed by atoms with Gasteiger partial charge in [-0.05, 0) is 47.1 Å². The van der Waals surface area contributed by atoms with E-state index in [4.69, 9.17) is 5.11 Å². The number of nitrogens with one attached hydrogen (secondary N) is 1. The highest BCUT2D eigenvalue weighted by molar-refractivity contribution is 5.89. The average molecular weight is 256 g/mol. The van der Waals surface area contributed by atoms with E-state index in [1.807, 2.05) is 13.8 Å². The van der Waals surface area contributed by atoms with Gasteiger partial charge in [-0.3, -0.25) is 14.5 Å². The number of hydrogen-bond donors (Lipinski definition) is 2. The lowest BCUT2D eigenvalue weighted by Crippen LogP contribution is -2.60. The lowest BCUT2D eigenvalue weighted by atomic mass is 9.93. The molecule has 18 heavy (non-hydrogen) atoms. The van der Waals surface area contributed by atoms with Gasteiger partial charge in [-0.15, -0.1) is 0 Å². The molecule has 0 saturated carbocycles. The van der Waals surface area contributed by atoms with Gasteiger partial charge in [-0.1, -0.05) is 6.42 Å². The van der Waals surface area contributed by atoms with Crippen LogP contribution in [0.4, 0.5) is 0 Å². The molecule has 2 atom stereocenters. The number of nitrogens with zero attached hydrogens (tertiary/aromatic N) is 1. The number of carbonyl (C=O) groups excluding carboxylic acids is 1. The molecule has 2 N–H and O–H groups in total. The van der Waals surface area contributed by atoms with E-state index < -0.39 is 17.6 Å². The lowest BCUT2D eigenvalue weighted by molar-refractivity contribution is -0.144. The molecular formula is C13H24N2O3. The van der Waals surface area contributed by atoms with Crippen LogP contribution in [0.5, 0.6) is 0 Å². The number of amides is 1. The molecule has 0 spiro atoms. The molecule has 1 aliphatic rings. The molecule has 2 unspecified atom stereocenters. The Morgan fingerprint density at radius 3 is 2.50 bits per heavy atom. The first kappa shape index (κ1) is 15.0. The zero-order chi connectivity index (χ0) is 13.9. The van der Waals surface area contributed by atoms with Crippen LogP contribution in [0.15, 0.2) is 0 Å². The van der Waals surface area contributed by atoms with Gasteiger partial charge in [0.1, 0.15) is 6.04 Å². The Morgan fingerprint density at radius 2 is 2.00 bits per heavy atom. The minimum atomic E-state index is -1.01. The number of aliphatic carboxylic acids is 1. The molecule has 1 aliphatic heterocycles. The number of piperidine rings is 1. The van der Waals surface area contributed by atoms with Crippen molar-refractivity contribution in [3.8, 4) is 0 Å². The van der Waals surface area contributed by atoms with Crippen molar-refractivity contribution in [2.24, 2.45) is 0 Å². The highest BCUT2D eigenvalue weighted by Gasteiger charge is 2.39. The second-order valence-corrected chi connectivity index (χ2v) is 5.63. The highest BCUT2D eigenvalue weighted by atomic mass is 16.4. The fourth-order valence-electron chi connectivity index (χ4n) is 2.49. The number of carbonyl (C=O) groups is 2. The third-order valence-corrected chi connectivity index (χ3v) is 3.79. The average Bonchev–Trinajstić information content (AvgIpc) is 2.28. The molecule has 1 heterocycles. The second kappa shape index (κ2) is 5.69. The fourth-order valence-corrected chi connectivity index (χ4v) is 2.49. The number of likely N-dealkylation sites (tertiary alicyclic amines) is 1. The molecule has 1 saturated heterocycles. The summed E-state index contributed by atoms with van der Waals surface area (Å²) in [5.41, 5.74) is -0.663. The van der Waals surface area contributed by atoms with Crippen molar-refractivity contribution < 1.29 is 14.7 Å². The zero-order valence-electron chi connectivity index (χ0n) is 11.7. The smallest absolute Gasteiger partial charge is 0.325 e. The summed E-state index contributed by atoms with van der Waals surface area (Å²) < 4.78 is 0. The summed E-state index contributed by atoms with van der Waals surface area (Å²) in [5.74, 6) is -1.23. The van der Waals surface area contributed by atoms with Crippen molar-refractivity contribution in [3.05, 3.63) is 0 Å². The van der Waals surface area contributed by atoms with Crippen LogP contribution in [0.2, 0.25) is 0 Å². The molecule has 0 aromatic rings. The number of hydrogen-bond acceptors (Lipinski definition) is 3.